The van der Waals surface area contributed by atoms with Gasteiger partial charge in [-0.15, -0.1) is 0 Å². The molecule has 176 valence electrons. The minimum absolute atomic E-state index is 0.0417. The Morgan fingerprint density at radius 2 is 1.78 bits per heavy atom. The van der Waals surface area contributed by atoms with Crippen molar-refractivity contribution in [1.29, 1.82) is 0 Å². The first-order valence-electron chi connectivity index (χ1n) is 11.7. The number of carbonyl (C=O) groups is 2. The summed E-state index contributed by atoms with van der Waals surface area (Å²) in [6, 6.07) is 14.3. The van der Waals surface area contributed by atoms with Crippen molar-refractivity contribution < 1.29 is 14.3 Å². The molecule has 6 heteroatoms. The molecule has 0 unspecified atom stereocenters. The van der Waals surface area contributed by atoms with Crippen molar-refractivity contribution in [3.05, 3.63) is 59.9 Å². The van der Waals surface area contributed by atoms with Crippen molar-refractivity contribution in [3.63, 3.8) is 0 Å². The molecule has 0 bridgehead atoms. The van der Waals surface area contributed by atoms with E-state index in [9.17, 15) is 9.59 Å². The molecule has 0 aliphatic rings. The Hall–Kier alpha value is -2.60. The van der Waals surface area contributed by atoms with E-state index >= 15 is 0 Å². The van der Waals surface area contributed by atoms with E-state index in [2.05, 4.69) is 37.5 Å². The quantitative estimate of drug-likeness (QED) is 0.442. The van der Waals surface area contributed by atoms with Crippen molar-refractivity contribution in [2.45, 2.75) is 53.1 Å². The molecular weight excluding hydrogens is 402 g/mol. The number of ether oxygens (including phenoxy) is 1. The number of amides is 2. The number of methoxy groups -OCH3 is 1. The highest BCUT2D eigenvalue weighted by atomic mass is 16.5. The molecular formula is C26H39N3O3. The molecule has 0 saturated carbocycles. The largest absolute Gasteiger partial charge is 0.383 e. The van der Waals surface area contributed by atoms with Gasteiger partial charge in [0, 0.05) is 45.1 Å². The first kappa shape index (κ1) is 25.7. The molecule has 1 aromatic carbocycles. The molecule has 0 radical (unpaired) electrons. The number of carbonyl (C=O) groups excluding carboxylic acids is 2. The van der Waals surface area contributed by atoms with Crippen molar-refractivity contribution in [1.82, 2.24) is 14.4 Å². The lowest BCUT2D eigenvalue weighted by Crippen LogP contribution is -2.45. The lowest BCUT2D eigenvalue weighted by molar-refractivity contribution is -0.141. The second-order valence-electron chi connectivity index (χ2n) is 8.69. The summed E-state index contributed by atoms with van der Waals surface area (Å²) in [5, 5.41) is 0. The first-order chi connectivity index (χ1) is 15.4. The molecule has 6 nitrogen and oxygen atoms in total. The van der Waals surface area contributed by atoms with Crippen LogP contribution in [0.4, 0.5) is 0 Å². The molecule has 32 heavy (non-hydrogen) atoms. The number of hydrogen-bond acceptors (Lipinski definition) is 3. The van der Waals surface area contributed by atoms with Crippen molar-refractivity contribution in [2.75, 3.05) is 33.4 Å². The maximum absolute atomic E-state index is 13.3. The highest BCUT2D eigenvalue weighted by molar-refractivity contribution is 5.84. The predicted octanol–water partition coefficient (Wildman–Crippen LogP) is 4.19. The summed E-state index contributed by atoms with van der Waals surface area (Å²) in [4.78, 5) is 29.5. The number of benzene rings is 1. The lowest BCUT2D eigenvalue weighted by Gasteiger charge is -2.29. The zero-order valence-electron chi connectivity index (χ0n) is 20.1. The van der Waals surface area contributed by atoms with Crippen LogP contribution in [-0.4, -0.2) is 59.5 Å². The second-order valence-corrected chi connectivity index (χ2v) is 8.69. The van der Waals surface area contributed by atoms with Gasteiger partial charge in [-0.3, -0.25) is 9.59 Å². The van der Waals surface area contributed by atoms with Gasteiger partial charge in [0.15, 0.2) is 0 Å². The molecule has 0 aliphatic carbocycles. The van der Waals surface area contributed by atoms with E-state index < -0.39 is 0 Å². The van der Waals surface area contributed by atoms with E-state index in [4.69, 9.17) is 4.74 Å². The fraction of sp³-hybridized carbons (Fsp3) is 0.538. The zero-order valence-corrected chi connectivity index (χ0v) is 20.1. The number of nitrogens with zero attached hydrogens (tertiary/aromatic N) is 3. The maximum Gasteiger partial charge on any atom is 0.242 e. The summed E-state index contributed by atoms with van der Waals surface area (Å²) in [6.07, 6.45) is 4.35. The van der Waals surface area contributed by atoms with Crippen LogP contribution in [0, 0.1) is 5.92 Å². The van der Waals surface area contributed by atoms with Crippen LogP contribution in [0.5, 0.6) is 0 Å². The van der Waals surface area contributed by atoms with Gasteiger partial charge >= 0.3 is 0 Å². The van der Waals surface area contributed by atoms with Crippen LogP contribution in [0.25, 0.3) is 0 Å². The van der Waals surface area contributed by atoms with Crippen LogP contribution < -0.4 is 0 Å². The summed E-state index contributed by atoms with van der Waals surface area (Å²) >= 11 is 0. The molecule has 0 atom stereocenters. The Labute approximate surface area is 193 Å². The van der Waals surface area contributed by atoms with Gasteiger partial charge < -0.3 is 19.1 Å². The molecule has 2 amide bonds. The molecule has 2 rings (SSSR count). The molecule has 0 aliphatic heterocycles. The highest BCUT2D eigenvalue weighted by Gasteiger charge is 2.22. The maximum atomic E-state index is 13.3. The van der Waals surface area contributed by atoms with Gasteiger partial charge in [0.2, 0.25) is 11.8 Å². The third kappa shape index (κ3) is 8.50. The van der Waals surface area contributed by atoms with Crippen molar-refractivity contribution >= 4 is 11.8 Å². The lowest BCUT2D eigenvalue weighted by atomic mass is 10.1. The van der Waals surface area contributed by atoms with Crippen molar-refractivity contribution in [2.24, 2.45) is 5.92 Å². The van der Waals surface area contributed by atoms with Crippen LogP contribution in [0.2, 0.25) is 0 Å². The van der Waals surface area contributed by atoms with Gasteiger partial charge in [0.1, 0.15) is 0 Å². The summed E-state index contributed by atoms with van der Waals surface area (Å²) in [5.74, 6) is 0.331. The molecule has 0 saturated heterocycles. The smallest absolute Gasteiger partial charge is 0.242 e. The van der Waals surface area contributed by atoms with E-state index in [1.54, 1.807) is 16.9 Å². The van der Waals surface area contributed by atoms with Gasteiger partial charge in [-0.25, -0.2) is 0 Å². The monoisotopic (exact) mass is 441 g/mol. The zero-order chi connectivity index (χ0) is 23.3. The van der Waals surface area contributed by atoms with Gasteiger partial charge in [0.05, 0.1) is 19.7 Å². The summed E-state index contributed by atoms with van der Waals surface area (Å²) < 4.78 is 7.42. The number of rotatable bonds is 14. The van der Waals surface area contributed by atoms with Crippen LogP contribution in [-0.2, 0) is 27.4 Å². The Morgan fingerprint density at radius 3 is 2.44 bits per heavy atom. The van der Waals surface area contributed by atoms with Gasteiger partial charge in [-0.05, 0) is 30.0 Å². The normalized spacial score (nSPS) is 11.0. The van der Waals surface area contributed by atoms with Crippen molar-refractivity contribution in [3.8, 4) is 0 Å². The fourth-order valence-electron chi connectivity index (χ4n) is 3.66. The Bertz CT molecular complexity index is 817. The van der Waals surface area contributed by atoms with E-state index in [1.165, 1.54) is 5.56 Å². The molecule has 0 spiro atoms. The average Bonchev–Trinajstić information content (AvgIpc) is 3.21. The molecule has 0 N–H and O–H groups in total. The topological polar surface area (TPSA) is 54.8 Å². The minimum atomic E-state index is -0.0417. The minimum Gasteiger partial charge on any atom is -0.383 e. The highest BCUT2D eigenvalue weighted by Crippen LogP contribution is 2.12. The van der Waals surface area contributed by atoms with Crippen LogP contribution in [0.1, 0.15) is 51.3 Å². The summed E-state index contributed by atoms with van der Waals surface area (Å²) in [5.41, 5.74) is 2.27. The standard InChI is InChI=1S/C26H39N3O3/c1-5-6-14-25(30)29(18-22(2)3)21-26(31)28(16-17-32-4)20-24-13-10-15-27(24)19-23-11-8-7-9-12-23/h7-13,15,22H,5-6,14,16-21H2,1-4H3. The van der Waals surface area contributed by atoms with Gasteiger partial charge in [-0.1, -0.05) is 57.5 Å². The fourth-order valence-corrected chi connectivity index (χ4v) is 3.66. The Morgan fingerprint density at radius 1 is 1.03 bits per heavy atom. The Kier molecular flexibility index (Phi) is 11.0. The predicted molar refractivity (Wildman–Crippen MR) is 128 cm³/mol. The van der Waals surface area contributed by atoms with E-state index in [-0.39, 0.29) is 18.4 Å². The van der Waals surface area contributed by atoms with Crippen LogP contribution >= 0.6 is 0 Å². The first-order valence-corrected chi connectivity index (χ1v) is 11.7. The molecule has 2 aromatic rings. The van der Waals surface area contributed by atoms with E-state index in [0.717, 1.165) is 25.1 Å². The second kappa shape index (κ2) is 13.7. The third-order valence-electron chi connectivity index (χ3n) is 5.40. The number of hydrogen-bond donors (Lipinski definition) is 0. The van der Waals surface area contributed by atoms with E-state index in [0.29, 0.717) is 38.6 Å². The number of unbranched alkanes of at least 4 members (excludes halogenated alkanes) is 1. The van der Waals surface area contributed by atoms with E-state index in [1.807, 2.05) is 36.5 Å². The SMILES string of the molecule is CCCCC(=O)N(CC(=O)N(CCOC)Cc1cccn1Cc1ccccc1)CC(C)C. The van der Waals surface area contributed by atoms with Gasteiger partial charge in [-0.2, -0.15) is 0 Å². The summed E-state index contributed by atoms with van der Waals surface area (Å²) in [7, 11) is 1.64. The number of aromatic nitrogens is 1. The Balaban J connectivity index is 2.12. The average molecular weight is 442 g/mol. The molecule has 1 aromatic heterocycles. The molecule has 0 fully saturated rings. The summed E-state index contributed by atoms with van der Waals surface area (Å²) in [6.45, 7) is 9.12. The third-order valence-corrected chi connectivity index (χ3v) is 5.40. The molecule has 1 heterocycles. The van der Waals surface area contributed by atoms with Gasteiger partial charge in [0.25, 0.3) is 0 Å². The van der Waals surface area contributed by atoms with Crippen LogP contribution in [0.3, 0.4) is 0 Å². The van der Waals surface area contributed by atoms with Crippen LogP contribution in [0.15, 0.2) is 48.7 Å².